The van der Waals surface area contributed by atoms with Gasteiger partial charge >= 0.3 is 0 Å². The zero-order chi connectivity index (χ0) is 8.55. The molecule has 70 valence electrons. The van der Waals surface area contributed by atoms with Crippen LogP contribution in [-0.2, 0) is 4.74 Å². The smallest absolute Gasteiger partial charge is 0.0731 e. The van der Waals surface area contributed by atoms with Gasteiger partial charge in [-0.2, -0.15) is 0 Å². The number of rotatable bonds is 1. The van der Waals surface area contributed by atoms with Crippen LogP contribution in [0.3, 0.4) is 0 Å². The molecule has 12 heavy (non-hydrogen) atoms. The summed E-state index contributed by atoms with van der Waals surface area (Å²) in [6.07, 6.45) is 4.55. The minimum Gasteiger partial charge on any atom is -0.375 e. The molecular weight excluding hydrogens is 150 g/mol. The fraction of sp³-hybridized carbons (Fsp3) is 1.00. The third-order valence-corrected chi connectivity index (χ3v) is 3.19. The lowest BCUT2D eigenvalue weighted by Crippen LogP contribution is -2.51. The molecule has 0 spiro atoms. The van der Waals surface area contributed by atoms with Crippen molar-refractivity contribution >= 4 is 0 Å². The molecule has 0 bridgehead atoms. The number of morpholine rings is 1. The van der Waals surface area contributed by atoms with E-state index in [4.69, 9.17) is 4.74 Å². The van der Waals surface area contributed by atoms with Gasteiger partial charge in [-0.3, -0.25) is 4.90 Å². The number of hydrogen-bond donors (Lipinski definition) is 0. The maximum absolute atomic E-state index is 5.74. The highest BCUT2D eigenvalue weighted by molar-refractivity contribution is 4.90. The van der Waals surface area contributed by atoms with Crippen molar-refractivity contribution in [1.29, 1.82) is 0 Å². The van der Waals surface area contributed by atoms with Crippen LogP contribution in [-0.4, -0.2) is 36.2 Å². The molecule has 2 aliphatic rings. The first kappa shape index (κ1) is 8.52. The first-order valence-electron chi connectivity index (χ1n) is 5.16. The molecule has 0 radical (unpaired) electrons. The van der Waals surface area contributed by atoms with Crippen molar-refractivity contribution in [3.63, 3.8) is 0 Å². The molecule has 2 atom stereocenters. The zero-order valence-electron chi connectivity index (χ0n) is 8.12. The van der Waals surface area contributed by atoms with Crippen LogP contribution in [0, 0.1) is 0 Å². The van der Waals surface area contributed by atoms with Crippen molar-refractivity contribution in [2.24, 2.45) is 0 Å². The molecule has 2 nitrogen and oxygen atoms in total. The molecule has 0 aromatic carbocycles. The zero-order valence-corrected chi connectivity index (χ0v) is 8.12. The summed E-state index contributed by atoms with van der Waals surface area (Å²) in [5.41, 5.74) is 0. The van der Waals surface area contributed by atoms with Gasteiger partial charge < -0.3 is 4.74 Å². The molecule has 0 N–H and O–H groups in total. The number of ether oxygens (including phenoxy) is 1. The highest BCUT2D eigenvalue weighted by atomic mass is 16.5. The van der Waals surface area contributed by atoms with Crippen LogP contribution < -0.4 is 0 Å². The van der Waals surface area contributed by atoms with E-state index < -0.39 is 0 Å². The maximum atomic E-state index is 5.74. The van der Waals surface area contributed by atoms with Crippen molar-refractivity contribution in [3.8, 4) is 0 Å². The Bertz CT molecular complexity index is 158. The van der Waals surface area contributed by atoms with E-state index in [0.717, 1.165) is 19.2 Å². The lowest BCUT2D eigenvalue weighted by Gasteiger charge is -2.40. The van der Waals surface area contributed by atoms with Gasteiger partial charge in [0.2, 0.25) is 0 Å². The Morgan fingerprint density at radius 1 is 1.33 bits per heavy atom. The molecule has 1 unspecified atom stereocenters. The van der Waals surface area contributed by atoms with Crippen LogP contribution >= 0.6 is 0 Å². The summed E-state index contributed by atoms with van der Waals surface area (Å²) in [5.74, 6) is 0. The number of nitrogens with zero attached hydrogens (tertiary/aromatic N) is 1. The van der Waals surface area contributed by atoms with Crippen LogP contribution in [0.25, 0.3) is 0 Å². The van der Waals surface area contributed by atoms with Gasteiger partial charge in [0, 0.05) is 18.6 Å². The van der Waals surface area contributed by atoms with Crippen LogP contribution in [0.5, 0.6) is 0 Å². The molecule has 0 aromatic heterocycles. The van der Waals surface area contributed by atoms with Gasteiger partial charge in [-0.15, -0.1) is 0 Å². The van der Waals surface area contributed by atoms with Crippen molar-refractivity contribution in [3.05, 3.63) is 0 Å². The average molecular weight is 169 g/mol. The second kappa shape index (κ2) is 3.35. The van der Waals surface area contributed by atoms with Crippen LogP contribution in [0.1, 0.15) is 33.1 Å². The van der Waals surface area contributed by atoms with E-state index in [-0.39, 0.29) is 0 Å². The van der Waals surface area contributed by atoms with Gasteiger partial charge in [0.1, 0.15) is 0 Å². The summed E-state index contributed by atoms with van der Waals surface area (Å²) in [4.78, 5) is 2.61. The van der Waals surface area contributed by atoms with Crippen LogP contribution in [0.15, 0.2) is 0 Å². The van der Waals surface area contributed by atoms with E-state index in [0.29, 0.717) is 12.1 Å². The fourth-order valence-electron chi connectivity index (χ4n) is 2.60. The summed E-state index contributed by atoms with van der Waals surface area (Å²) in [5, 5.41) is 0. The molecule has 1 aliphatic heterocycles. The highest BCUT2D eigenvalue weighted by Crippen LogP contribution is 2.30. The summed E-state index contributed by atoms with van der Waals surface area (Å²) >= 11 is 0. The normalized spacial score (nSPS) is 37.2. The molecule has 1 heterocycles. The first-order valence-corrected chi connectivity index (χ1v) is 5.16. The quantitative estimate of drug-likeness (QED) is 0.592. The van der Waals surface area contributed by atoms with Gasteiger partial charge in [-0.25, -0.2) is 0 Å². The van der Waals surface area contributed by atoms with Gasteiger partial charge in [0.15, 0.2) is 0 Å². The molecule has 2 heteroatoms. The van der Waals surface area contributed by atoms with E-state index in [1.54, 1.807) is 0 Å². The Balaban J connectivity index is 2.03. The first-order chi connectivity index (χ1) is 5.79. The van der Waals surface area contributed by atoms with E-state index in [1.807, 2.05) is 0 Å². The van der Waals surface area contributed by atoms with Crippen molar-refractivity contribution in [2.75, 3.05) is 13.2 Å². The highest BCUT2D eigenvalue weighted by Gasteiger charge is 2.36. The Kier molecular flexibility index (Phi) is 2.37. The second-order valence-corrected chi connectivity index (χ2v) is 4.24. The third-order valence-electron chi connectivity index (χ3n) is 3.19. The summed E-state index contributed by atoms with van der Waals surface area (Å²) in [6.45, 7) is 6.67. The largest absolute Gasteiger partial charge is 0.375 e. The summed E-state index contributed by atoms with van der Waals surface area (Å²) < 4.78 is 5.74. The molecule has 0 aromatic rings. The standard InChI is InChI=1S/C10H19NO/c1-8(2)11-6-7-12-10-5-3-4-9(10)11/h8-10H,3-7H2,1-2H3/t9?,10-/m1/s1. The molecule has 1 aliphatic carbocycles. The van der Waals surface area contributed by atoms with E-state index in [1.165, 1.54) is 19.3 Å². The molecular formula is C10H19NO. The number of hydrogen-bond acceptors (Lipinski definition) is 2. The molecule has 2 rings (SSSR count). The van der Waals surface area contributed by atoms with Crippen LogP contribution in [0.4, 0.5) is 0 Å². The molecule has 1 saturated carbocycles. The maximum Gasteiger partial charge on any atom is 0.0731 e. The predicted octanol–water partition coefficient (Wildman–Crippen LogP) is 1.65. The van der Waals surface area contributed by atoms with Gasteiger partial charge in [0.25, 0.3) is 0 Å². The Labute approximate surface area is 74.9 Å². The lowest BCUT2D eigenvalue weighted by atomic mass is 10.1. The van der Waals surface area contributed by atoms with Crippen molar-refractivity contribution in [1.82, 2.24) is 4.90 Å². The average Bonchev–Trinajstić information content (AvgIpc) is 2.49. The lowest BCUT2D eigenvalue weighted by molar-refractivity contribution is -0.0666. The SMILES string of the molecule is CC(C)N1CCO[C@@H]2CCCC21. The Morgan fingerprint density at radius 2 is 2.17 bits per heavy atom. The topological polar surface area (TPSA) is 12.5 Å². The van der Waals surface area contributed by atoms with E-state index >= 15 is 0 Å². The second-order valence-electron chi connectivity index (χ2n) is 4.24. The molecule has 2 fully saturated rings. The van der Waals surface area contributed by atoms with Crippen LogP contribution in [0.2, 0.25) is 0 Å². The number of fused-ring (bicyclic) bond motifs is 1. The minimum atomic E-state index is 0.557. The minimum absolute atomic E-state index is 0.557. The molecule has 1 saturated heterocycles. The third kappa shape index (κ3) is 1.38. The Hall–Kier alpha value is -0.0800. The van der Waals surface area contributed by atoms with Crippen molar-refractivity contribution < 1.29 is 4.74 Å². The predicted molar refractivity (Wildman–Crippen MR) is 49.2 cm³/mol. The van der Waals surface area contributed by atoms with Gasteiger partial charge in [-0.05, 0) is 33.1 Å². The van der Waals surface area contributed by atoms with Gasteiger partial charge in [-0.1, -0.05) is 0 Å². The van der Waals surface area contributed by atoms with Crippen molar-refractivity contribution in [2.45, 2.75) is 51.3 Å². The fourth-order valence-corrected chi connectivity index (χ4v) is 2.60. The monoisotopic (exact) mass is 169 g/mol. The summed E-state index contributed by atoms with van der Waals surface area (Å²) in [7, 11) is 0. The van der Waals surface area contributed by atoms with E-state index in [2.05, 4.69) is 18.7 Å². The Morgan fingerprint density at radius 3 is 2.92 bits per heavy atom. The van der Waals surface area contributed by atoms with E-state index in [9.17, 15) is 0 Å². The molecule has 0 amide bonds. The van der Waals surface area contributed by atoms with Gasteiger partial charge in [0.05, 0.1) is 12.7 Å². The summed E-state index contributed by atoms with van der Waals surface area (Å²) in [6, 6.07) is 1.43.